The van der Waals surface area contributed by atoms with Crippen LogP contribution in [0.25, 0.3) is 0 Å². The van der Waals surface area contributed by atoms with Crippen molar-refractivity contribution in [3.8, 4) is 0 Å². The van der Waals surface area contributed by atoms with Gasteiger partial charge in [-0.1, -0.05) is 60.1 Å². The Hall–Kier alpha value is -2.20. The summed E-state index contributed by atoms with van der Waals surface area (Å²) in [6.45, 7) is 15.6. The van der Waals surface area contributed by atoms with Crippen LogP contribution in [0.15, 0.2) is 11.6 Å². The Morgan fingerprint density at radius 3 is 1.70 bits per heavy atom. The van der Waals surface area contributed by atoms with Crippen LogP contribution in [-0.4, -0.2) is 251 Å². The van der Waals surface area contributed by atoms with E-state index in [4.69, 9.17) is 47.4 Å². The lowest BCUT2D eigenvalue weighted by molar-refractivity contribution is -0.374. The summed E-state index contributed by atoms with van der Waals surface area (Å²) >= 11 is 0. The van der Waals surface area contributed by atoms with Gasteiger partial charge in [-0.25, -0.2) is 4.79 Å². The summed E-state index contributed by atoms with van der Waals surface area (Å²) in [7, 11) is 0. The van der Waals surface area contributed by atoms with Crippen LogP contribution in [0.4, 0.5) is 0 Å². The number of carbonyl (C=O) groups is 2. The first-order chi connectivity index (χ1) is 38.7. The van der Waals surface area contributed by atoms with Crippen molar-refractivity contribution in [2.45, 2.75) is 261 Å². The number of carboxylic acid groups (broad SMARTS) is 1. The minimum absolute atomic E-state index is 0.0720. The van der Waals surface area contributed by atoms with E-state index in [2.05, 4.69) is 54.5 Å². The van der Waals surface area contributed by atoms with Crippen molar-refractivity contribution in [3.05, 3.63) is 11.6 Å². The molecule has 474 valence electrons. The molecule has 0 spiro atoms. The molecule has 10 aliphatic rings. The summed E-state index contributed by atoms with van der Waals surface area (Å²) in [6.07, 6.45) is -30.6. The molecule has 4 saturated carbocycles. The summed E-state index contributed by atoms with van der Waals surface area (Å²) in [4.78, 5) is 26.8. The molecule has 26 nitrogen and oxygen atoms in total. The monoisotopic (exact) mass is 1190 g/mol. The van der Waals surface area contributed by atoms with Crippen LogP contribution in [0, 0.1) is 50.2 Å². The molecule has 0 bridgehead atoms. The standard InChI is InChI=1S/C57H90O26/c1-22-32(62)43(81-48-39(69)42(27(60)21-76-48)80-47-38(68)41(26(59)20-75-47)79-46-36(66)33(63)25(58)19-74-46)40(70)50(77-22)78-31-12-13-54(6)28(53(31,4)5)11-14-55(7)29(54)10-9-23-24-17-52(2,3)15-16-57(24,30(61)18-56(23,55)8)51(73)83-49-37(67)34(64)35(65)44(82-49)45(71)72/h9,22,24-44,46-50,58-70H,10-21H2,1-8H3,(H,71,72)/t22?,24-,25?,26?,27?,28?,29?,30+,31-,32?,33?,34?,35?,36?,37?,38?,39?,40?,41?,42?,43?,44?,46?,47?,48?,49?,50?,54-,55+,56+,57+/m0/s1. The fourth-order valence-corrected chi connectivity index (χ4v) is 17.2. The molecule has 5 aliphatic carbocycles. The van der Waals surface area contributed by atoms with Gasteiger partial charge in [0.15, 0.2) is 31.3 Å². The molecule has 9 fully saturated rings. The Bertz CT molecular complexity index is 2380. The van der Waals surface area contributed by atoms with Crippen molar-refractivity contribution in [1.82, 2.24) is 0 Å². The number of hydrogen-bond donors (Lipinski definition) is 14. The normalized spacial score (nSPS) is 54.2. The minimum atomic E-state index is -1.98. The number of esters is 1. The average Bonchev–Trinajstić information content (AvgIpc) is 0.736. The Kier molecular flexibility index (Phi) is 17.7. The molecule has 24 unspecified atom stereocenters. The van der Waals surface area contributed by atoms with Gasteiger partial charge in [0.2, 0.25) is 6.29 Å². The van der Waals surface area contributed by atoms with Gasteiger partial charge in [-0.2, -0.15) is 0 Å². The first kappa shape index (κ1) is 63.8. The Balaban J connectivity index is 0.821. The highest BCUT2D eigenvalue weighted by atomic mass is 16.8. The average molecular weight is 1190 g/mol. The van der Waals surface area contributed by atoms with Gasteiger partial charge in [0.1, 0.15) is 97.0 Å². The maximum atomic E-state index is 14.8. The molecule has 83 heavy (non-hydrogen) atoms. The molecule has 31 atom stereocenters. The second kappa shape index (κ2) is 23.0. The number of hydrogen-bond acceptors (Lipinski definition) is 25. The van der Waals surface area contributed by atoms with Crippen LogP contribution in [0.5, 0.6) is 0 Å². The van der Waals surface area contributed by atoms with E-state index in [1.807, 2.05) is 0 Å². The molecule has 5 saturated heterocycles. The smallest absolute Gasteiger partial charge is 0.335 e. The lowest BCUT2D eigenvalue weighted by Gasteiger charge is -2.71. The zero-order chi connectivity index (χ0) is 60.6. The van der Waals surface area contributed by atoms with E-state index in [0.29, 0.717) is 32.1 Å². The fraction of sp³-hybridized carbons (Fsp3) is 0.930. The van der Waals surface area contributed by atoms with Gasteiger partial charge in [0.05, 0.1) is 38.1 Å². The topological polar surface area (TPSA) is 410 Å². The zero-order valence-electron chi connectivity index (χ0n) is 48.3. The lowest BCUT2D eigenvalue weighted by Crippen LogP contribution is -2.68. The van der Waals surface area contributed by atoms with E-state index >= 15 is 0 Å². The van der Waals surface area contributed by atoms with Gasteiger partial charge in [0, 0.05) is 0 Å². The van der Waals surface area contributed by atoms with Crippen LogP contribution < -0.4 is 0 Å². The van der Waals surface area contributed by atoms with E-state index in [0.717, 1.165) is 18.4 Å². The number of aliphatic carboxylic acids is 1. The molecule has 0 aromatic carbocycles. The summed E-state index contributed by atoms with van der Waals surface area (Å²) in [5.41, 5.74) is -2.49. The maximum Gasteiger partial charge on any atom is 0.335 e. The lowest BCUT2D eigenvalue weighted by atomic mass is 9.33. The third-order valence-corrected chi connectivity index (χ3v) is 22.3. The quantitative estimate of drug-likeness (QED) is 0.0593. The van der Waals surface area contributed by atoms with Crippen LogP contribution >= 0.6 is 0 Å². The predicted molar refractivity (Wildman–Crippen MR) is 278 cm³/mol. The SMILES string of the molecule is CC1OC(O[C@H]2CC[C@@]3(C)C(CC[C@]4(C)C3CC=C3[C@@H]5CC(C)(C)CC[C@]5(C(=O)OC5OC(C(=O)O)C(O)C(O)C5O)[C@H](O)C[C@]34C)C2(C)C)C(O)C(OC2OCC(O)C(OC3OCC(O)C(OC4OCC(O)C(O)C4O)C3O)C2O)C1O. The molecule has 0 amide bonds. The number of aliphatic hydroxyl groups is 13. The third kappa shape index (κ3) is 10.6. The Labute approximate surface area is 481 Å². The molecule has 0 radical (unpaired) electrons. The van der Waals surface area contributed by atoms with E-state index in [1.54, 1.807) is 6.92 Å². The maximum absolute atomic E-state index is 14.8. The molecule has 5 aliphatic heterocycles. The molecule has 0 aromatic rings. The van der Waals surface area contributed by atoms with E-state index in [9.17, 15) is 81.1 Å². The highest BCUT2D eigenvalue weighted by molar-refractivity contribution is 5.80. The van der Waals surface area contributed by atoms with E-state index < -0.39 is 201 Å². The second-order valence-corrected chi connectivity index (χ2v) is 27.9. The largest absolute Gasteiger partial charge is 0.479 e. The Morgan fingerprint density at radius 1 is 0.542 bits per heavy atom. The van der Waals surface area contributed by atoms with Crippen molar-refractivity contribution in [1.29, 1.82) is 0 Å². The van der Waals surface area contributed by atoms with Crippen LogP contribution in [0.2, 0.25) is 0 Å². The van der Waals surface area contributed by atoms with Gasteiger partial charge in [-0.05, 0) is 110 Å². The minimum Gasteiger partial charge on any atom is -0.479 e. The fourth-order valence-electron chi connectivity index (χ4n) is 17.2. The molecule has 26 heteroatoms. The molecular weight excluding hydrogens is 1100 g/mol. The Morgan fingerprint density at radius 2 is 1.10 bits per heavy atom. The molecule has 10 rings (SSSR count). The summed E-state index contributed by atoms with van der Waals surface area (Å²) in [6, 6.07) is 0. The van der Waals surface area contributed by atoms with E-state index in [1.165, 1.54) is 0 Å². The first-order valence-electron chi connectivity index (χ1n) is 29.5. The van der Waals surface area contributed by atoms with Gasteiger partial charge >= 0.3 is 11.9 Å². The second-order valence-electron chi connectivity index (χ2n) is 27.9. The van der Waals surface area contributed by atoms with Crippen molar-refractivity contribution in [3.63, 3.8) is 0 Å². The molecule has 5 heterocycles. The van der Waals surface area contributed by atoms with Crippen molar-refractivity contribution >= 4 is 11.9 Å². The van der Waals surface area contributed by atoms with Gasteiger partial charge < -0.3 is 119 Å². The van der Waals surface area contributed by atoms with Gasteiger partial charge in [0.25, 0.3) is 0 Å². The molecule has 0 aromatic heterocycles. The molecule has 14 N–H and O–H groups in total. The number of carbonyl (C=O) groups excluding carboxylic acids is 1. The summed E-state index contributed by atoms with van der Waals surface area (Å²) in [5, 5.41) is 153. The number of rotatable bonds is 11. The van der Waals surface area contributed by atoms with Crippen LogP contribution in [0.1, 0.15) is 113 Å². The van der Waals surface area contributed by atoms with E-state index in [-0.39, 0.29) is 40.9 Å². The summed E-state index contributed by atoms with van der Waals surface area (Å²) in [5.74, 6) is -2.81. The predicted octanol–water partition coefficient (Wildman–Crippen LogP) is -2.20. The highest BCUT2D eigenvalue weighted by Gasteiger charge is 2.72. The van der Waals surface area contributed by atoms with Crippen molar-refractivity contribution in [2.24, 2.45) is 50.2 Å². The first-order valence-corrected chi connectivity index (χ1v) is 29.5. The van der Waals surface area contributed by atoms with Gasteiger partial charge in [-0.15, -0.1) is 0 Å². The number of ether oxygens (including phenoxy) is 10. The zero-order valence-corrected chi connectivity index (χ0v) is 48.3. The number of allylic oxidation sites excluding steroid dienone is 2. The molecular formula is C57H90O26. The highest BCUT2D eigenvalue weighted by Crippen LogP contribution is 2.76. The number of carboxylic acids is 1. The van der Waals surface area contributed by atoms with Gasteiger partial charge in [-0.3, -0.25) is 4.79 Å². The van der Waals surface area contributed by atoms with Crippen molar-refractivity contribution < 1.29 is 128 Å². The van der Waals surface area contributed by atoms with Crippen LogP contribution in [0.3, 0.4) is 0 Å². The number of fused-ring (bicyclic) bond motifs is 7. The van der Waals surface area contributed by atoms with Crippen LogP contribution in [-0.2, 0) is 57.0 Å². The number of aliphatic hydroxyl groups excluding tert-OH is 13. The summed E-state index contributed by atoms with van der Waals surface area (Å²) < 4.78 is 58.4. The van der Waals surface area contributed by atoms with Crippen molar-refractivity contribution in [2.75, 3.05) is 19.8 Å². The third-order valence-electron chi connectivity index (χ3n) is 22.3.